The summed E-state index contributed by atoms with van der Waals surface area (Å²) in [5, 5.41) is 0. The van der Waals surface area contributed by atoms with Crippen LogP contribution >= 0.6 is 12.4 Å². The van der Waals surface area contributed by atoms with E-state index in [0.29, 0.717) is 5.56 Å². The number of benzene rings is 1. The van der Waals surface area contributed by atoms with Crippen LogP contribution in [-0.2, 0) is 10.0 Å². The Morgan fingerprint density at radius 3 is 2.14 bits per heavy atom. The van der Waals surface area contributed by atoms with E-state index in [2.05, 4.69) is 0 Å². The number of rotatable bonds is 2. The fraction of sp³-hybridized carbons (Fsp3) is 0.125. The minimum absolute atomic E-state index is 0. The van der Waals surface area contributed by atoms with Gasteiger partial charge in [-0.2, -0.15) is 0 Å². The maximum absolute atomic E-state index is 11.2. The summed E-state index contributed by atoms with van der Waals surface area (Å²) in [5.74, 6) is -0.608. The van der Waals surface area contributed by atoms with E-state index in [4.69, 9.17) is 0 Å². The summed E-state index contributed by atoms with van der Waals surface area (Å²) >= 11 is 0. The summed E-state index contributed by atoms with van der Waals surface area (Å²) in [4.78, 5) is 11.2. The van der Waals surface area contributed by atoms with Gasteiger partial charge < -0.3 is 0 Å². The minimum Gasteiger partial charge on any atom is -0.268 e. The fourth-order valence-electron chi connectivity index (χ4n) is 0.817. The van der Waals surface area contributed by atoms with Gasteiger partial charge in [0.25, 0.3) is 5.91 Å². The minimum atomic E-state index is -3.47. The predicted octanol–water partition coefficient (Wildman–Crippen LogP) is 0.798. The highest BCUT2D eigenvalue weighted by Crippen LogP contribution is 1.98. The third-order valence-corrected chi connectivity index (χ3v) is 1.87. The number of carbonyl (C=O) groups is 1. The Labute approximate surface area is 88.8 Å². The van der Waals surface area contributed by atoms with Crippen LogP contribution in [0.25, 0.3) is 0 Å². The van der Waals surface area contributed by atoms with E-state index in [1.54, 1.807) is 30.3 Å². The Kier molecular flexibility index (Phi) is 4.59. The van der Waals surface area contributed by atoms with Crippen molar-refractivity contribution in [3.8, 4) is 0 Å². The van der Waals surface area contributed by atoms with Crippen molar-refractivity contribution in [3.05, 3.63) is 35.9 Å². The molecule has 0 unspecified atom stereocenters. The predicted molar refractivity (Wildman–Crippen MR) is 56.0 cm³/mol. The largest absolute Gasteiger partial charge is 0.268 e. The molecule has 1 aromatic carbocycles. The van der Waals surface area contributed by atoms with E-state index in [9.17, 15) is 13.2 Å². The van der Waals surface area contributed by atoms with Crippen LogP contribution in [-0.4, -0.2) is 20.6 Å². The van der Waals surface area contributed by atoms with Gasteiger partial charge in [0.05, 0.1) is 6.26 Å². The highest BCUT2D eigenvalue weighted by Gasteiger charge is 2.09. The number of hydrogen-bond acceptors (Lipinski definition) is 3. The molecule has 0 saturated carbocycles. The van der Waals surface area contributed by atoms with Crippen LogP contribution in [0.1, 0.15) is 10.4 Å². The van der Waals surface area contributed by atoms with Crippen molar-refractivity contribution in [2.75, 3.05) is 6.26 Å². The van der Waals surface area contributed by atoms with Crippen molar-refractivity contribution in [3.63, 3.8) is 0 Å². The molecule has 6 heteroatoms. The lowest BCUT2D eigenvalue weighted by Crippen LogP contribution is -2.29. The van der Waals surface area contributed by atoms with Crippen LogP contribution < -0.4 is 4.72 Å². The van der Waals surface area contributed by atoms with Crippen molar-refractivity contribution in [1.29, 1.82) is 0 Å². The molecule has 0 aliphatic carbocycles. The standard InChI is InChI=1S/C8H9NO3S.ClH/c1-13(11,12)9-8(10)7-5-3-2-4-6-7;/h2-6H,1H3,(H,9,10);1H. The first kappa shape index (κ1) is 12.9. The maximum Gasteiger partial charge on any atom is 0.264 e. The van der Waals surface area contributed by atoms with E-state index in [-0.39, 0.29) is 12.4 Å². The third kappa shape index (κ3) is 4.25. The molecule has 0 radical (unpaired) electrons. The molecule has 0 aliphatic rings. The lowest BCUT2D eigenvalue weighted by molar-refractivity contribution is 0.0981. The topological polar surface area (TPSA) is 63.2 Å². The molecule has 0 aliphatic heterocycles. The SMILES string of the molecule is CS(=O)(=O)NC(=O)c1ccccc1.Cl. The molecule has 0 fully saturated rings. The van der Waals surface area contributed by atoms with E-state index >= 15 is 0 Å². The summed E-state index contributed by atoms with van der Waals surface area (Å²) in [7, 11) is -3.47. The van der Waals surface area contributed by atoms with E-state index in [1.807, 2.05) is 4.72 Å². The zero-order valence-electron chi connectivity index (χ0n) is 7.43. The first-order valence-electron chi connectivity index (χ1n) is 3.56. The van der Waals surface area contributed by atoms with Crippen LogP contribution in [0.4, 0.5) is 0 Å². The van der Waals surface area contributed by atoms with Crippen LogP contribution in [0.3, 0.4) is 0 Å². The summed E-state index contributed by atoms with van der Waals surface area (Å²) in [6.45, 7) is 0. The van der Waals surface area contributed by atoms with Gasteiger partial charge in [-0.05, 0) is 12.1 Å². The summed E-state index contributed by atoms with van der Waals surface area (Å²) in [6.07, 6.45) is 0.938. The molecule has 1 N–H and O–H groups in total. The fourth-order valence-corrected chi connectivity index (χ4v) is 1.27. The van der Waals surface area contributed by atoms with Gasteiger partial charge in [0, 0.05) is 5.56 Å². The Morgan fingerprint density at radius 1 is 1.21 bits per heavy atom. The molecule has 1 amide bonds. The summed E-state index contributed by atoms with van der Waals surface area (Å²) in [5.41, 5.74) is 0.327. The van der Waals surface area contributed by atoms with Gasteiger partial charge in [-0.1, -0.05) is 18.2 Å². The van der Waals surface area contributed by atoms with Gasteiger partial charge in [0.2, 0.25) is 10.0 Å². The zero-order valence-corrected chi connectivity index (χ0v) is 9.06. The Balaban J connectivity index is 0.00000169. The lowest BCUT2D eigenvalue weighted by Gasteiger charge is -2.00. The van der Waals surface area contributed by atoms with Crippen molar-refractivity contribution in [2.45, 2.75) is 0 Å². The van der Waals surface area contributed by atoms with E-state index < -0.39 is 15.9 Å². The molecule has 1 rings (SSSR count). The molecular weight excluding hydrogens is 226 g/mol. The first-order chi connectivity index (χ1) is 5.99. The maximum atomic E-state index is 11.2. The Hall–Kier alpha value is -1.07. The molecule has 0 atom stereocenters. The molecule has 0 aromatic heterocycles. The second-order valence-electron chi connectivity index (χ2n) is 2.57. The van der Waals surface area contributed by atoms with Gasteiger partial charge in [-0.3, -0.25) is 4.79 Å². The second kappa shape index (κ2) is 4.97. The van der Waals surface area contributed by atoms with Crippen molar-refractivity contribution < 1.29 is 13.2 Å². The number of carbonyl (C=O) groups excluding carboxylic acids is 1. The number of halogens is 1. The van der Waals surface area contributed by atoms with Gasteiger partial charge in [-0.25, -0.2) is 13.1 Å². The molecule has 0 spiro atoms. The molecule has 4 nitrogen and oxygen atoms in total. The number of amides is 1. The van der Waals surface area contributed by atoms with Gasteiger partial charge in [0.1, 0.15) is 0 Å². The van der Waals surface area contributed by atoms with Crippen molar-refractivity contribution >= 4 is 28.3 Å². The summed E-state index contributed by atoms with van der Waals surface area (Å²) < 4.78 is 23.2. The average Bonchev–Trinajstić information content (AvgIpc) is 2.03. The monoisotopic (exact) mass is 235 g/mol. The van der Waals surface area contributed by atoms with Crippen molar-refractivity contribution in [1.82, 2.24) is 4.72 Å². The lowest BCUT2D eigenvalue weighted by atomic mass is 10.2. The number of sulfonamides is 1. The number of nitrogens with one attached hydrogen (secondary N) is 1. The first-order valence-corrected chi connectivity index (χ1v) is 5.45. The van der Waals surface area contributed by atoms with Crippen LogP contribution in [0, 0.1) is 0 Å². The molecular formula is C8H10ClNO3S. The molecule has 0 saturated heterocycles. The van der Waals surface area contributed by atoms with Gasteiger partial charge in [0.15, 0.2) is 0 Å². The Morgan fingerprint density at radius 2 is 1.71 bits per heavy atom. The molecule has 78 valence electrons. The molecule has 0 bridgehead atoms. The van der Waals surface area contributed by atoms with Gasteiger partial charge >= 0.3 is 0 Å². The highest BCUT2D eigenvalue weighted by molar-refractivity contribution is 7.89. The smallest absolute Gasteiger partial charge is 0.264 e. The average molecular weight is 236 g/mol. The van der Waals surface area contributed by atoms with E-state index in [0.717, 1.165) is 6.26 Å². The highest BCUT2D eigenvalue weighted by atomic mass is 35.5. The van der Waals surface area contributed by atoms with E-state index in [1.165, 1.54) is 0 Å². The molecule has 14 heavy (non-hydrogen) atoms. The third-order valence-electron chi connectivity index (χ3n) is 1.31. The van der Waals surface area contributed by atoms with Crippen LogP contribution in [0.15, 0.2) is 30.3 Å². The van der Waals surface area contributed by atoms with Gasteiger partial charge in [-0.15, -0.1) is 12.4 Å². The van der Waals surface area contributed by atoms with Crippen LogP contribution in [0.2, 0.25) is 0 Å². The van der Waals surface area contributed by atoms with Crippen LogP contribution in [0.5, 0.6) is 0 Å². The van der Waals surface area contributed by atoms with Crippen molar-refractivity contribution in [2.24, 2.45) is 0 Å². The second-order valence-corrected chi connectivity index (χ2v) is 4.32. The zero-order chi connectivity index (χ0) is 9.90. The molecule has 1 aromatic rings. The number of hydrogen-bond donors (Lipinski definition) is 1. The normalized spacial score (nSPS) is 10.1. The molecule has 0 heterocycles. The summed E-state index contributed by atoms with van der Waals surface area (Å²) in [6, 6.07) is 8.16. The Bertz CT molecular complexity index is 402. The quantitative estimate of drug-likeness (QED) is 0.825.